The number of rotatable bonds is 79. The van der Waals surface area contributed by atoms with Crippen LogP contribution in [0.25, 0.3) is 0 Å². The first-order chi connectivity index (χ1) is 48.7. The second kappa shape index (κ2) is 71.0. The predicted molar refractivity (Wildman–Crippen MR) is 414 cm³/mol. The van der Waals surface area contributed by atoms with E-state index in [0.29, 0.717) is 25.7 Å². The molecule has 0 aromatic carbocycles. The number of aliphatic hydroxyl groups excluding tert-OH is 1. The van der Waals surface area contributed by atoms with Crippen LogP contribution in [0.3, 0.4) is 0 Å². The zero-order valence-corrected chi connectivity index (χ0v) is 68.3. The Morgan fingerprint density at radius 2 is 0.475 bits per heavy atom. The Labute approximate surface area is 619 Å². The van der Waals surface area contributed by atoms with Crippen molar-refractivity contribution >= 4 is 39.5 Å². The largest absolute Gasteiger partial charge is 0.472 e. The Morgan fingerprint density at radius 3 is 0.703 bits per heavy atom. The average molecular weight is 1480 g/mol. The van der Waals surface area contributed by atoms with Crippen LogP contribution in [-0.4, -0.2) is 96.7 Å². The number of hydrogen-bond acceptors (Lipinski definition) is 15. The van der Waals surface area contributed by atoms with Crippen LogP contribution < -0.4 is 0 Å². The minimum Gasteiger partial charge on any atom is -0.462 e. The molecule has 101 heavy (non-hydrogen) atoms. The van der Waals surface area contributed by atoms with Gasteiger partial charge in [0, 0.05) is 25.7 Å². The molecule has 8 atom stereocenters. The zero-order chi connectivity index (χ0) is 74.6. The minimum absolute atomic E-state index is 0.104. The second-order valence-corrected chi connectivity index (χ2v) is 33.6. The zero-order valence-electron chi connectivity index (χ0n) is 66.5. The highest BCUT2D eigenvalue weighted by Gasteiger charge is 2.30. The molecule has 5 unspecified atom stereocenters. The van der Waals surface area contributed by atoms with Crippen molar-refractivity contribution in [2.24, 2.45) is 23.7 Å². The van der Waals surface area contributed by atoms with Crippen LogP contribution in [0, 0.1) is 23.7 Å². The van der Waals surface area contributed by atoms with Crippen molar-refractivity contribution < 1.29 is 80.2 Å². The fourth-order valence-electron chi connectivity index (χ4n) is 12.5. The quantitative estimate of drug-likeness (QED) is 0.0222. The molecule has 0 aromatic rings. The minimum atomic E-state index is -4.96. The fourth-order valence-corrected chi connectivity index (χ4v) is 14.1. The van der Waals surface area contributed by atoms with Gasteiger partial charge in [-0.1, -0.05) is 370 Å². The number of aliphatic hydroxyl groups is 1. The maximum Gasteiger partial charge on any atom is 0.472 e. The van der Waals surface area contributed by atoms with Crippen molar-refractivity contribution in [2.45, 2.75) is 440 Å². The molecule has 0 bridgehead atoms. The summed E-state index contributed by atoms with van der Waals surface area (Å²) in [6.45, 7) is 14.3. The second-order valence-electron chi connectivity index (χ2n) is 30.7. The molecule has 0 radical (unpaired) electrons. The van der Waals surface area contributed by atoms with E-state index in [4.69, 9.17) is 37.0 Å². The average Bonchev–Trinajstić information content (AvgIpc) is 0.961. The Kier molecular flexibility index (Phi) is 69.6. The molecule has 19 heteroatoms. The molecule has 0 aliphatic rings. The van der Waals surface area contributed by atoms with Crippen molar-refractivity contribution in [3.05, 3.63) is 0 Å². The lowest BCUT2D eigenvalue weighted by Crippen LogP contribution is -2.30. The number of carbonyl (C=O) groups is 4. The fraction of sp³-hybridized carbons (Fsp3) is 0.951. The first kappa shape index (κ1) is 99.1. The van der Waals surface area contributed by atoms with Crippen LogP contribution in [0.4, 0.5) is 0 Å². The smallest absolute Gasteiger partial charge is 0.462 e. The Hall–Kier alpha value is -1.94. The van der Waals surface area contributed by atoms with E-state index in [1.54, 1.807) is 0 Å². The molecule has 0 amide bonds. The number of esters is 4. The molecule has 0 saturated carbocycles. The maximum absolute atomic E-state index is 13.1. The van der Waals surface area contributed by atoms with Gasteiger partial charge < -0.3 is 33.8 Å². The molecular formula is C82H160O17P2. The molecule has 0 rings (SSSR count). The van der Waals surface area contributed by atoms with E-state index in [-0.39, 0.29) is 25.7 Å². The van der Waals surface area contributed by atoms with Gasteiger partial charge in [-0.3, -0.25) is 37.3 Å². The molecule has 0 aromatic heterocycles. The van der Waals surface area contributed by atoms with Crippen LogP contribution in [0.2, 0.25) is 0 Å². The normalized spacial score (nSPS) is 14.8. The lowest BCUT2D eigenvalue weighted by Gasteiger charge is -2.21. The predicted octanol–water partition coefficient (Wildman–Crippen LogP) is 24.4. The van der Waals surface area contributed by atoms with Gasteiger partial charge >= 0.3 is 39.5 Å². The van der Waals surface area contributed by atoms with E-state index in [2.05, 4.69) is 55.4 Å². The summed E-state index contributed by atoms with van der Waals surface area (Å²) in [6.07, 6.45) is 58.2. The van der Waals surface area contributed by atoms with Crippen molar-refractivity contribution in [3.8, 4) is 0 Å². The molecule has 3 N–H and O–H groups in total. The number of carbonyl (C=O) groups excluding carboxylic acids is 4. The molecule has 0 aliphatic heterocycles. The molecule has 0 fully saturated rings. The van der Waals surface area contributed by atoms with Crippen molar-refractivity contribution in [1.82, 2.24) is 0 Å². The monoisotopic (exact) mass is 1480 g/mol. The van der Waals surface area contributed by atoms with Gasteiger partial charge in [0.1, 0.15) is 19.3 Å². The van der Waals surface area contributed by atoms with E-state index in [1.807, 2.05) is 0 Å². The van der Waals surface area contributed by atoms with Gasteiger partial charge in [-0.2, -0.15) is 0 Å². The highest BCUT2D eigenvalue weighted by molar-refractivity contribution is 7.47. The van der Waals surface area contributed by atoms with E-state index >= 15 is 0 Å². The third-order valence-electron chi connectivity index (χ3n) is 20.2. The van der Waals surface area contributed by atoms with Crippen LogP contribution in [0.1, 0.15) is 421 Å². The molecule has 0 heterocycles. The topological polar surface area (TPSA) is 237 Å². The molecule has 0 aliphatic carbocycles. The lowest BCUT2D eigenvalue weighted by molar-refractivity contribution is -0.161. The van der Waals surface area contributed by atoms with E-state index in [9.17, 15) is 43.2 Å². The summed E-state index contributed by atoms with van der Waals surface area (Å²) in [7, 11) is -9.92. The van der Waals surface area contributed by atoms with Gasteiger partial charge in [0.15, 0.2) is 12.2 Å². The van der Waals surface area contributed by atoms with Gasteiger partial charge in [0.25, 0.3) is 0 Å². The lowest BCUT2D eigenvalue weighted by atomic mass is 9.99. The molecule has 600 valence electrons. The summed E-state index contributed by atoms with van der Waals surface area (Å²) in [6, 6.07) is 0. The first-order valence-corrected chi connectivity index (χ1v) is 45.3. The van der Waals surface area contributed by atoms with Crippen molar-refractivity contribution in [2.75, 3.05) is 39.6 Å². The van der Waals surface area contributed by atoms with E-state index < -0.39 is 97.5 Å². The molecule has 0 saturated heterocycles. The number of ether oxygens (including phenoxy) is 4. The molecule has 17 nitrogen and oxygen atoms in total. The number of hydrogen-bond donors (Lipinski definition) is 3. The molecular weight excluding hydrogens is 1320 g/mol. The summed E-state index contributed by atoms with van der Waals surface area (Å²) < 4.78 is 68.7. The summed E-state index contributed by atoms with van der Waals surface area (Å²) in [5, 5.41) is 10.6. The third-order valence-corrected chi connectivity index (χ3v) is 22.1. The van der Waals surface area contributed by atoms with E-state index in [0.717, 1.165) is 114 Å². The number of unbranched alkanes of at least 4 members (excludes halogenated alkanes) is 42. The summed E-state index contributed by atoms with van der Waals surface area (Å²) in [5.74, 6) is 1.09. The van der Waals surface area contributed by atoms with E-state index in [1.165, 1.54) is 225 Å². The van der Waals surface area contributed by atoms with Crippen LogP contribution in [0.15, 0.2) is 0 Å². The summed E-state index contributed by atoms with van der Waals surface area (Å²) >= 11 is 0. The summed E-state index contributed by atoms with van der Waals surface area (Å²) in [4.78, 5) is 73.1. The SMILES string of the molecule is CCC(C)CCCCCCCCCCCCCCCCCCCCC(=O)O[C@H](COC(=O)CCCCCCCCCCCCCCC(C)C)COP(=O)(O)OC[C@@H](O)COP(=O)(O)OC[C@@H](COC(=O)CCCCCCCCCCC(C)CC)OC(=O)CCCCCCCCCCC(C)CC. The Balaban J connectivity index is 5.23. The first-order valence-electron chi connectivity index (χ1n) is 42.3. The standard InChI is InChI=1S/C82H160O17P2/c1-9-73(6)59-51-43-35-27-23-18-16-14-12-13-15-17-19-25-29-40-48-56-64-81(86)98-77(68-92-79(84)62-54-46-38-28-24-21-20-22-26-34-42-50-58-72(4)5)70-96-100(88,89)94-66-76(83)67-95-101(90,91)97-71-78(99-82(87)65-57-49-41-33-31-37-45-53-61-75(8)11-3)69-93-80(85)63-55-47-39-32-30-36-44-52-60-74(7)10-2/h72-78,83H,9-71H2,1-8H3,(H,88,89)(H,90,91)/t73?,74?,75?,76-,77-,78-/m1/s1. The van der Waals surface area contributed by atoms with Crippen LogP contribution >= 0.6 is 15.6 Å². The van der Waals surface area contributed by atoms with Gasteiger partial charge in [-0.15, -0.1) is 0 Å². The Morgan fingerprint density at radius 1 is 0.277 bits per heavy atom. The highest BCUT2D eigenvalue weighted by atomic mass is 31.2. The van der Waals surface area contributed by atoms with Gasteiger partial charge in [-0.25, -0.2) is 9.13 Å². The van der Waals surface area contributed by atoms with Crippen LogP contribution in [-0.2, 0) is 65.4 Å². The van der Waals surface area contributed by atoms with Crippen molar-refractivity contribution in [1.29, 1.82) is 0 Å². The number of phosphoric ester groups is 2. The van der Waals surface area contributed by atoms with Crippen LogP contribution in [0.5, 0.6) is 0 Å². The van der Waals surface area contributed by atoms with Gasteiger partial charge in [0.05, 0.1) is 26.4 Å². The Bertz CT molecular complexity index is 1980. The van der Waals surface area contributed by atoms with Crippen molar-refractivity contribution in [3.63, 3.8) is 0 Å². The maximum atomic E-state index is 13.1. The van der Waals surface area contributed by atoms with Gasteiger partial charge in [0.2, 0.25) is 0 Å². The number of phosphoric acid groups is 2. The van der Waals surface area contributed by atoms with Gasteiger partial charge in [-0.05, 0) is 49.4 Å². The molecule has 0 spiro atoms. The third kappa shape index (κ3) is 72.1. The summed E-state index contributed by atoms with van der Waals surface area (Å²) in [5.41, 5.74) is 0. The highest BCUT2D eigenvalue weighted by Crippen LogP contribution is 2.45.